The van der Waals surface area contributed by atoms with Crippen molar-refractivity contribution in [2.24, 2.45) is 5.73 Å². The van der Waals surface area contributed by atoms with Crippen LogP contribution in [-0.2, 0) is 17.9 Å². The molecule has 0 atom stereocenters. The Morgan fingerprint density at radius 3 is 2.40 bits per heavy atom. The third-order valence-electron chi connectivity index (χ3n) is 2.87. The molecule has 2 N–H and O–H groups in total. The van der Waals surface area contributed by atoms with E-state index in [2.05, 4.69) is 0 Å². The standard InChI is InChI=1S/C16H18FNO2/c17-16-4-2-1-3-14(16)12-19-9-10-20-15-7-5-13(11-18)6-8-15/h1-8H,9-12,18H2. The second kappa shape index (κ2) is 7.62. The van der Waals surface area contributed by atoms with Crippen LogP contribution in [0.1, 0.15) is 11.1 Å². The van der Waals surface area contributed by atoms with Crippen LogP contribution in [0.3, 0.4) is 0 Å². The normalized spacial score (nSPS) is 10.5. The maximum atomic E-state index is 13.3. The van der Waals surface area contributed by atoms with Crippen LogP contribution in [0.25, 0.3) is 0 Å². The van der Waals surface area contributed by atoms with Crippen molar-refractivity contribution in [3.63, 3.8) is 0 Å². The van der Waals surface area contributed by atoms with Crippen LogP contribution in [0.5, 0.6) is 5.75 Å². The van der Waals surface area contributed by atoms with Crippen LogP contribution in [0.15, 0.2) is 48.5 Å². The second-order valence-corrected chi connectivity index (χ2v) is 4.34. The van der Waals surface area contributed by atoms with Gasteiger partial charge in [-0.15, -0.1) is 0 Å². The number of benzene rings is 2. The van der Waals surface area contributed by atoms with Gasteiger partial charge in [-0.05, 0) is 23.8 Å². The first-order valence-corrected chi connectivity index (χ1v) is 6.52. The molecule has 0 bridgehead atoms. The lowest BCUT2D eigenvalue weighted by Gasteiger charge is -2.08. The fraction of sp³-hybridized carbons (Fsp3) is 0.250. The SMILES string of the molecule is NCc1ccc(OCCOCc2ccccc2F)cc1. The van der Waals surface area contributed by atoms with E-state index in [4.69, 9.17) is 15.2 Å². The van der Waals surface area contributed by atoms with Gasteiger partial charge in [0, 0.05) is 12.1 Å². The number of hydrogen-bond acceptors (Lipinski definition) is 3. The Morgan fingerprint density at radius 1 is 0.950 bits per heavy atom. The van der Waals surface area contributed by atoms with Crippen molar-refractivity contribution in [2.45, 2.75) is 13.2 Å². The van der Waals surface area contributed by atoms with Crippen molar-refractivity contribution in [2.75, 3.05) is 13.2 Å². The van der Waals surface area contributed by atoms with Gasteiger partial charge in [-0.25, -0.2) is 4.39 Å². The van der Waals surface area contributed by atoms with E-state index in [0.29, 0.717) is 25.3 Å². The average Bonchev–Trinajstić information content (AvgIpc) is 2.49. The highest BCUT2D eigenvalue weighted by Gasteiger charge is 2.00. The molecule has 0 aliphatic carbocycles. The molecule has 0 unspecified atom stereocenters. The maximum Gasteiger partial charge on any atom is 0.128 e. The third kappa shape index (κ3) is 4.33. The van der Waals surface area contributed by atoms with Crippen LogP contribution < -0.4 is 10.5 Å². The zero-order chi connectivity index (χ0) is 14.2. The van der Waals surface area contributed by atoms with Gasteiger partial charge in [0.25, 0.3) is 0 Å². The molecule has 0 saturated carbocycles. The minimum atomic E-state index is -0.245. The molecule has 0 aliphatic heterocycles. The molecule has 3 nitrogen and oxygen atoms in total. The van der Waals surface area contributed by atoms with Gasteiger partial charge in [-0.3, -0.25) is 0 Å². The number of halogens is 1. The lowest BCUT2D eigenvalue weighted by molar-refractivity contribution is 0.0872. The lowest BCUT2D eigenvalue weighted by Crippen LogP contribution is -2.07. The average molecular weight is 275 g/mol. The van der Waals surface area contributed by atoms with Gasteiger partial charge in [-0.2, -0.15) is 0 Å². The minimum Gasteiger partial charge on any atom is -0.491 e. The summed E-state index contributed by atoms with van der Waals surface area (Å²) in [6, 6.07) is 14.2. The summed E-state index contributed by atoms with van der Waals surface area (Å²) in [6.45, 7) is 1.61. The molecule has 0 heterocycles. The van der Waals surface area contributed by atoms with E-state index in [0.717, 1.165) is 11.3 Å². The van der Waals surface area contributed by atoms with Crippen molar-refractivity contribution in [1.29, 1.82) is 0 Å². The van der Waals surface area contributed by atoms with Gasteiger partial charge in [0.15, 0.2) is 0 Å². The van der Waals surface area contributed by atoms with Crippen molar-refractivity contribution < 1.29 is 13.9 Å². The predicted molar refractivity (Wildman–Crippen MR) is 75.9 cm³/mol. The second-order valence-electron chi connectivity index (χ2n) is 4.34. The fourth-order valence-electron chi connectivity index (χ4n) is 1.74. The molecule has 106 valence electrons. The van der Waals surface area contributed by atoms with Crippen LogP contribution in [0.2, 0.25) is 0 Å². The first-order chi connectivity index (χ1) is 9.79. The van der Waals surface area contributed by atoms with Crippen molar-refractivity contribution >= 4 is 0 Å². The van der Waals surface area contributed by atoms with E-state index >= 15 is 0 Å². The summed E-state index contributed by atoms with van der Waals surface area (Å²) in [5.74, 6) is 0.530. The first kappa shape index (κ1) is 14.5. The molecule has 0 aliphatic rings. The topological polar surface area (TPSA) is 44.5 Å². The van der Waals surface area contributed by atoms with Crippen LogP contribution in [0.4, 0.5) is 4.39 Å². The van der Waals surface area contributed by atoms with Crippen molar-refractivity contribution in [1.82, 2.24) is 0 Å². The van der Waals surface area contributed by atoms with Gasteiger partial charge < -0.3 is 15.2 Å². The molecule has 2 aromatic rings. The molecular formula is C16H18FNO2. The summed E-state index contributed by atoms with van der Waals surface area (Å²) in [5, 5.41) is 0. The van der Waals surface area contributed by atoms with Gasteiger partial charge >= 0.3 is 0 Å². The van der Waals surface area contributed by atoms with Gasteiger partial charge in [-0.1, -0.05) is 30.3 Å². The van der Waals surface area contributed by atoms with Crippen LogP contribution in [-0.4, -0.2) is 13.2 Å². The zero-order valence-electron chi connectivity index (χ0n) is 11.2. The summed E-state index contributed by atoms with van der Waals surface area (Å²) in [5.41, 5.74) is 7.13. The summed E-state index contributed by atoms with van der Waals surface area (Å²) in [6.07, 6.45) is 0. The maximum absolute atomic E-state index is 13.3. The summed E-state index contributed by atoms with van der Waals surface area (Å²) in [4.78, 5) is 0. The molecule has 0 aromatic heterocycles. The van der Waals surface area contributed by atoms with E-state index in [1.165, 1.54) is 6.07 Å². The fourth-order valence-corrected chi connectivity index (χ4v) is 1.74. The molecule has 2 aromatic carbocycles. The molecular weight excluding hydrogens is 257 g/mol. The largest absolute Gasteiger partial charge is 0.491 e. The molecule has 0 amide bonds. The van der Waals surface area contributed by atoms with Crippen LogP contribution in [0, 0.1) is 5.82 Å². The van der Waals surface area contributed by atoms with E-state index in [-0.39, 0.29) is 12.4 Å². The lowest BCUT2D eigenvalue weighted by atomic mass is 10.2. The Bertz CT molecular complexity index is 528. The van der Waals surface area contributed by atoms with Gasteiger partial charge in [0.1, 0.15) is 18.2 Å². The molecule has 0 fully saturated rings. The minimum absolute atomic E-state index is 0.245. The van der Waals surface area contributed by atoms with Crippen LogP contribution >= 0.6 is 0 Å². The Morgan fingerprint density at radius 2 is 1.70 bits per heavy atom. The number of rotatable bonds is 7. The third-order valence-corrected chi connectivity index (χ3v) is 2.87. The summed E-state index contributed by atoms with van der Waals surface area (Å²) < 4.78 is 24.2. The zero-order valence-corrected chi connectivity index (χ0v) is 11.2. The Kier molecular flexibility index (Phi) is 5.53. The summed E-state index contributed by atoms with van der Waals surface area (Å²) in [7, 11) is 0. The van der Waals surface area contributed by atoms with Crippen molar-refractivity contribution in [3.8, 4) is 5.75 Å². The number of nitrogens with two attached hydrogens (primary N) is 1. The molecule has 0 saturated heterocycles. The number of ether oxygens (including phenoxy) is 2. The molecule has 4 heteroatoms. The van der Waals surface area contributed by atoms with Crippen molar-refractivity contribution in [3.05, 3.63) is 65.5 Å². The Hall–Kier alpha value is -1.91. The monoisotopic (exact) mass is 275 g/mol. The van der Waals surface area contributed by atoms with Gasteiger partial charge in [0.2, 0.25) is 0 Å². The highest BCUT2D eigenvalue weighted by atomic mass is 19.1. The summed E-state index contributed by atoms with van der Waals surface area (Å²) >= 11 is 0. The quantitative estimate of drug-likeness (QED) is 0.790. The molecule has 0 radical (unpaired) electrons. The Balaban J connectivity index is 1.67. The predicted octanol–water partition coefficient (Wildman–Crippen LogP) is 2.88. The van der Waals surface area contributed by atoms with E-state index < -0.39 is 0 Å². The number of hydrogen-bond donors (Lipinski definition) is 1. The van der Waals surface area contributed by atoms with E-state index in [1.807, 2.05) is 24.3 Å². The molecule has 20 heavy (non-hydrogen) atoms. The molecule has 0 spiro atoms. The molecule has 2 rings (SSSR count). The smallest absolute Gasteiger partial charge is 0.128 e. The Labute approximate surface area is 118 Å². The highest BCUT2D eigenvalue weighted by Crippen LogP contribution is 2.12. The highest BCUT2D eigenvalue weighted by molar-refractivity contribution is 5.27. The van der Waals surface area contributed by atoms with Gasteiger partial charge in [0.05, 0.1) is 13.2 Å². The first-order valence-electron chi connectivity index (χ1n) is 6.52. The van der Waals surface area contributed by atoms with E-state index in [1.54, 1.807) is 18.2 Å². The van der Waals surface area contributed by atoms with E-state index in [9.17, 15) is 4.39 Å².